The third-order valence-corrected chi connectivity index (χ3v) is 3.24. The SMILES string of the molecule is CC/C=c1/[nH]cc/c1=C/CC1(C(=O)O)CC1. The van der Waals surface area contributed by atoms with E-state index in [9.17, 15) is 4.79 Å². The quantitative estimate of drug-likeness (QED) is 0.800. The molecule has 0 unspecified atom stereocenters. The maximum atomic E-state index is 11.0. The Morgan fingerprint density at radius 1 is 1.56 bits per heavy atom. The number of aromatic nitrogens is 1. The largest absolute Gasteiger partial charge is 0.481 e. The van der Waals surface area contributed by atoms with E-state index in [1.54, 1.807) is 0 Å². The van der Waals surface area contributed by atoms with Gasteiger partial charge in [0.1, 0.15) is 0 Å². The fourth-order valence-corrected chi connectivity index (χ4v) is 1.91. The van der Waals surface area contributed by atoms with Crippen LogP contribution in [0.1, 0.15) is 32.6 Å². The molecule has 0 bridgehead atoms. The van der Waals surface area contributed by atoms with Crippen LogP contribution in [0.4, 0.5) is 0 Å². The van der Waals surface area contributed by atoms with E-state index in [1.807, 2.05) is 18.3 Å². The Kier molecular flexibility index (Phi) is 2.86. The average molecular weight is 219 g/mol. The smallest absolute Gasteiger partial charge is 0.309 e. The fourth-order valence-electron chi connectivity index (χ4n) is 1.91. The van der Waals surface area contributed by atoms with Gasteiger partial charge in [-0.15, -0.1) is 0 Å². The molecular weight excluding hydrogens is 202 g/mol. The van der Waals surface area contributed by atoms with Gasteiger partial charge in [0.05, 0.1) is 5.41 Å². The molecule has 1 aromatic rings. The van der Waals surface area contributed by atoms with Crippen LogP contribution in [0.3, 0.4) is 0 Å². The van der Waals surface area contributed by atoms with E-state index in [-0.39, 0.29) is 0 Å². The van der Waals surface area contributed by atoms with Crippen LogP contribution < -0.4 is 10.6 Å². The van der Waals surface area contributed by atoms with Crippen molar-refractivity contribution in [2.24, 2.45) is 5.41 Å². The number of aromatic amines is 1. The summed E-state index contributed by atoms with van der Waals surface area (Å²) in [4.78, 5) is 14.2. The first-order valence-corrected chi connectivity index (χ1v) is 5.75. The van der Waals surface area contributed by atoms with Gasteiger partial charge in [-0.2, -0.15) is 0 Å². The van der Waals surface area contributed by atoms with Crippen LogP contribution in [0, 0.1) is 5.41 Å². The summed E-state index contributed by atoms with van der Waals surface area (Å²) < 4.78 is 0. The Hall–Kier alpha value is -1.51. The molecule has 1 aliphatic carbocycles. The van der Waals surface area contributed by atoms with Gasteiger partial charge in [0.15, 0.2) is 0 Å². The molecule has 86 valence electrons. The molecule has 0 amide bonds. The second kappa shape index (κ2) is 4.16. The molecular formula is C13H17NO2. The Bertz CT molecular complexity index is 494. The maximum Gasteiger partial charge on any atom is 0.309 e. The first-order chi connectivity index (χ1) is 7.68. The summed E-state index contributed by atoms with van der Waals surface area (Å²) in [6.45, 7) is 2.09. The van der Waals surface area contributed by atoms with E-state index in [0.29, 0.717) is 6.42 Å². The summed E-state index contributed by atoms with van der Waals surface area (Å²) >= 11 is 0. The molecule has 0 aromatic carbocycles. The summed E-state index contributed by atoms with van der Waals surface area (Å²) in [7, 11) is 0. The first kappa shape index (κ1) is 11.0. The van der Waals surface area contributed by atoms with Crippen LogP contribution in [0.5, 0.6) is 0 Å². The third-order valence-electron chi connectivity index (χ3n) is 3.24. The van der Waals surface area contributed by atoms with E-state index in [4.69, 9.17) is 5.11 Å². The second-order valence-corrected chi connectivity index (χ2v) is 4.45. The van der Waals surface area contributed by atoms with E-state index in [1.165, 1.54) is 0 Å². The van der Waals surface area contributed by atoms with Gasteiger partial charge in [-0.3, -0.25) is 4.79 Å². The topological polar surface area (TPSA) is 53.1 Å². The number of carboxylic acid groups (broad SMARTS) is 1. The van der Waals surface area contributed by atoms with Gasteiger partial charge in [-0.25, -0.2) is 0 Å². The van der Waals surface area contributed by atoms with Crippen molar-refractivity contribution in [3.8, 4) is 0 Å². The molecule has 1 aromatic heterocycles. The van der Waals surface area contributed by atoms with E-state index in [0.717, 1.165) is 29.8 Å². The number of H-pyrrole nitrogens is 1. The summed E-state index contributed by atoms with van der Waals surface area (Å²) in [5.41, 5.74) is -0.458. The minimum Gasteiger partial charge on any atom is -0.481 e. The number of carbonyl (C=O) groups is 1. The molecule has 0 atom stereocenters. The summed E-state index contributed by atoms with van der Waals surface area (Å²) in [6.07, 6.45) is 9.31. The molecule has 1 saturated carbocycles. The third kappa shape index (κ3) is 2.03. The Morgan fingerprint density at radius 2 is 2.31 bits per heavy atom. The van der Waals surface area contributed by atoms with Gasteiger partial charge >= 0.3 is 5.97 Å². The van der Waals surface area contributed by atoms with Crippen molar-refractivity contribution in [2.45, 2.75) is 32.6 Å². The van der Waals surface area contributed by atoms with Crippen molar-refractivity contribution in [3.05, 3.63) is 22.8 Å². The van der Waals surface area contributed by atoms with E-state index in [2.05, 4.69) is 18.0 Å². The number of nitrogens with one attached hydrogen (secondary N) is 1. The lowest BCUT2D eigenvalue weighted by molar-refractivity contribution is -0.143. The minimum atomic E-state index is -0.652. The number of rotatable bonds is 4. The maximum absolute atomic E-state index is 11.0. The monoisotopic (exact) mass is 219 g/mol. The summed E-state index contributed by atoms with van der Waals surface area (Å²) in [5.74, 6) is -0.652. The molecule has 3 heteroatoms. The molecule has 0 aliphatic heterocycles. The normalized spacial score (nSPS) is 20.1. The lowest BCUT2D eigenvalue weighted by Crippen LogP contribution is -2.23. The minimum absolute atomic E-state index is 0.458. The van der Waals surface area contributed by atoms with Crippen molar-refractivity contribution in [1.82, 2.24) is 4.98 Å². The molecule has 3 nitrogen and oxygen atoms in total. The highest BCUT2D eigenvalue weighted by Gasteiger charge is 2.48. The highest BCUT2D eigenvalue weighted by Crippen LogP contribution is 2.49. The van der Waals surface area contributed by atoms with E-state index >= 15 is 0 Å². The Labute approximate surface area is 94.5 Å². The van der Waals surface area contributed by atoms with E-state index < -0.39 is 11.4 Å². The fraction of sp³-hybridized carbons (Fsp3) is 0.462. The lowest BCUT2D eigenvalue weighted by atomic mass is 10.0. The molecule has 0 saturated heterocycles. The van der Waals surface area contributed by atoms with Gasteiger partial charge in [-0.1, -0.05) is 19.1 Å². The van der Waals surface area contributed by atoms with Gasteiger partial charge in [0, 0.05) is 11.5 Å². The van der Waals surface area contributed by atoms with Gasteiger partial charge in [0.2, 0.25) is 0 Å². The van der Waals surface area contributed by atoms with Crippen LogP contribution >= 0.6 is 0 Å². The Balaban J connectivity index is 2.22. The second-order valence-electron chi connectivity index (χ2n) is 4.45. The zero-order valence-corrected chi connectivity index (χ0v) is 9.49. The van der Waals surface area contributed by atoms with Crippen LogP contribution in [0.25, 0.3) is 12.2 Å². The molecule has 1 fully saturated rings. The zero-order chi connectivity index (χ0) is 11.6. The van der Waals surface area contributed by atoms with Gasteiger partial charge < -0.3 is 10.1 Å². The number of hydrogen-bond acceptors (Lipinski definition) is 1. The zero-order valence-electron chi connectivity index (χ0n) is 9.49. The molecule has 1 heterocycles. The predicted octanol–water partition coefficient (Wildman–Crippen LogP) is 1.24. The van der Waals surface area contributed by atoms with Crippen LogP contribution in [-0.4, -0.2) is 16.1 Å². The number of hydrogen-bond donors (Lipinski definition) is 2. The van der Waals surface area contributed by atoms with Crippen molar-refractivity contribution in [3.63, 3.8) is 0 Å². The molecule has 2 rings (SSSR count). The number of carboxylic acids is 1. The summed E-state index contributed by atoms with van der Waals surface area (Å²) in [5, 5.41) is 11.3. The van der Waals surface area contributed by atoms with Crippen molar-refractivity contribution >= 4 is 18.1 Å². The molecule has 1 aliphatic rings. The van der Waals surface area contributed by atoms with Crippen LogP contribution in [0.15, 0.2) is 12.3 Å². The lowest BCUT2D eigenvalue weighted by Gasteiger charge is -2.03. The van der Waals surface area contributed by atoms with Crippen LogP contribution in [-0.2, 0) is 4.79 Å². The average Bonchev–Trinajstić information content (AvgIpc) is 2.93. The van der Waals surface area contributed by atoms with Crippen LogP contribution in [0.2, 0.25) is 0 Å². The van der Waals surface area contributed by atoms with Crippen molar-refractivity contribution in [1.29, 1.82) is 0 Å². The Morgan fingerprint density at radius 3 is 2.88 bits per heavy atom. The van der Waals surface area contributed by atoms with Gasteiger partial charge in [0.25, 0.3) is 0 Å². The highest BCUT2D eigenvalue weighted by atomic mass is 16.4. The van der Waals surface area contributed by atoms with Gasteiger partial charge in [-0.05, 0) is 37.0 Å². The standard InChI is InChI=1S/C13H17NO2/c1-2-3-11-10(5-9-14-11)4-6-13(7-8-13)12(15)16/h3-5,9,14H,2,6-8H2,1H3,(H,15,16)/b10-4-,11-3+. The summed E-state index contributed by atoms with van der Waals surface area (Å²) in [6, 6.07) is 2.00. The molecule has 16 heavy (non-hydrogen) atoms. The number of aliphatic carboxylic acids is 1. The molecule has 0 spiro atoms. The highest BCUT2D eigenvalue weighted by molar-refractivity contribution is 5.78. The van der Waals surface area contributed by atoms with Crippen molar-refractivity contribution < 1.29 is 9.90 Å². The molecule has 0 radical (unpaired) electrons. The predicted molar refractivity (Wildman–Crippen MR) is 63.2 cm³/mol. The first-order valence-electron chi connectivity index (χ1n) is 5.75. The van der Waals surface area contributed by atoms with Crippen molar-refractivity contribution in [2.75, 3.05) is 0 Å². The molecule has 2 N–H and O–H groups in total.